The van der Waals surface area contributed by atoms with Crippen LogP contribution in [0.15, 0.2) is 29.1 Å². The number of benzene rings is 1. The number of hydrogen-bond donors (Lipinski definition) is 1. The topological polar surface area (TPSA) is 59.2 Å². The minimum absolute atomic E-state index is 0.0918. The Balaban J connectivity index is 2.55. The van der Waals surface area contributed by atoms with E-state index in [1.165, 1.54) is 31.4 Å². The van der Waals surface area contributed by atoms with E-state index in [4.69, 9.17) is 0 Å². The second kappa shape index (κ2) is 4.50. The molecule has 0 amide bonds. The predicted molar refractivity (Wildman–Crippen MR) is 61.7 cm³/mol. The number of aromatic nitrogens is 1. The van der Waals surface area contributed by atoms with Gasteiger partial charge in [0.15, 0.2) is 0 Å². The number of carbonyl (C=O) groups is 1. The molecule has 4 nitrogen and oxygen atoms in total. The van der Waals surface area contributed by atoms with Crippen LogP contribution in [-0.2, 0) is 4.74 Å². The van der Waals surface area contributed by atoms with Gasteiger partial charge in [-0.25, -0.2) is 9.18 Å². The highest BCUT2D eigenvalue weighted by Gasteiger charge is 2.17. The lowest BCUT2D eigenvalue weighted by Crippen LogP contribution is -2.05. The van der Waals surface area contributed by atoms with Crippen molar-refractivity contribution in [2.45, 2.75) is 0 Å². The summed E-state index contributed by atoms with van der Waals surface area (Å²) in [5.41, 5.74) is 0.684. The predicted octanol–water partition coefficient (Wildman–Crippen LogP) is 2.03. The number of hydrogen-bond acceptors (Lipinski definition) is 4. The number of thiazole rings is 1. The summed E-state index contributed by atoms with van der Waals surface area (Å²) in [5.74, 6) is -1.00. The van der Waals surface area contributed by atoms with E-state index < -0.39 is 5.97 Å². The van der Waals surface area contributed by atoms with Crippen LogP contribution in [0.3, 0.4) is 0 Å². The van der Waals surface area contributed by atoms with Gasteiger partial charge in [-0.05, 0) is 17.7 Å². The van der Waals surface area contributed by atoms with Crippen molar-refractivity contribution in [3.63, 3.8) is 0 Å². The van der Waals surface area contributed by atoms with E-state index in [0.717, 1.165) is 11.3 Å². The van der Waals surface area contributed by atoms with Gasteiger partial charge in [-0.2, -0.15) is 0 Å². The van der Waals surface area contributed by atoms with E-state index in [-0.39, 0.29) is 16.4 Å². The molecule has 0 saturated heterocycles. The van der Waals surface area contributed by atoms with Gasteiger partial charge in [-0.15, -0.1) is 0 Å². The van der Waals surface area contributed by atoms with Crippen LogP contribution >= 0.6 is 11.3 Å². The van der Waals surface area contributed by atoms with Crippen LogP contribution in [0.2, 0.25) is 0 Å². The monoisotopic (exact) mass is 253 g/mol. The molecule has 0 spiro atoms. The normalized spacial score (nSPS) is 10.2. The minimum atomic E-state index is -0.623. The van der Waals surface area contributed by atoms with Crippen molar-refractivity contribution in [1.82, 2.24) is 4.98 Å². The fraction of sp³-hybridized carbons (Fsp3) is 0.0909. The van der Waals surface area contributed by atoms with Gasteiger partial charge in [0, 0.05) is 0 Å². The molecule has 0 radical (unpaired) electrons. The van der Waals surface area contributed by atoms with E-state index in [1.807, 2.05) is 0 Å². The number of carbonyl (C=O) groups excluding carboxylic acids is 1. The van der Waals surface area contributed by atoms with E-state index in [1.54, 1.807) is 0 Å². The van der Waals surface area contributed by atoms with Crippen molar-refractivity contribution in [3.8, 4) is 10.4 Å². The quantitative estimate of drug-likeness (QED) is 0.833. The molecule has 0 unspecified atom stereocenters. The van der Waals surface area contributed by atoms with Crippen molar-refractivity contribution < 1.29 is 13.9 Å². The van der Waals surface area contributed by atoms with Gasteiger partial charge in [0.05, 0.1) is 12.0 Å². The summed E-state index contributed by atoms with van der Waals surface area (Å²) < 4.78 is 17.3. The Labute approximate surface area is 99.7 Å². The number of halogens is 1. The second-order valence-corrected chi connectivity index (χ2v) is 4.20. The van der Waals surface area contributed by atoms with Crippen LogP contribution in [-0.4, -0.2) is 18.1 Å². The first-order valence-electron chi connectivity index (χ1n) is 4.69. The molecular formula is C11H8FNO3S. The summed E-state index contributed by atoms with van der Waals surface area (Å²) >= 11 is 0.883. The lowest BCUT2D eigenvalue weighted by molar-refractivity contribution is 0.0595. The third-order valence-electron chi connectivity index (χ3n) is 2.14. The summed E-state index contributed by atoms with van der Waals surface area (Å²) in [5, 5.41) is 0. The molecule has 0 saturated carbocycles. The Morgan fingerprint density at radius 3 is 2.59 bits per heavy atom. The summed E-state index contributed by atoms with van der Waals surface area (Å²) in [4.78, 5) is 25.2. The average molecular weight is 253 g/mol. The van der Waals surface area contributed by atoms with Crippen LogP contribution in [0, 0.1) is 5.82 Å². The Bertz CT molecular complexity index is 600. The van der Waals surface area contributed by atoms with Crippen molar-refractivity contribution in [2.24, 2.45) is 0 Å². The number of H-pyrrole nitrogens is 1. The first kappa shape index (κ1) is 11.5. The molecule has 0 atom stereocenters. The van der Waals surface area contributed by atoms with Gasteiger partial charge >= 0.3 is 10.8 Å². The molecule has 2 aromatic rings. The molecule has 1 N–H and O–H groups in total. The zero-order valence-electron chi connectivity index (χ0n) is 8.82. The molecule has 0 fully saturated rings. The van der Waals surface area contributed by atoms with Crippen molar-refractivity contribution in [3.05, 3.63) is 45.4 Å². The fourth-order valence-corrected chi connectivity index (χ4v) is 2.21. The van der Waals surface area contributed by atoms with Gasteiger partial charge in [0.25, 0.3) is 0 Å². The highest BCUT2D eigenvalue weighted by atomic mass is 32.1. The maximum Gasteiger partial charge on any atom is 0.356 e. The van der Waals surface area contributed by atoms with Gasteiger partial charge in [-0.1, -0.05) is 23.5 Å². The zero-order chi connectivity index (χ0) is 12.4. The highest BCUT2D eigenvalue weighted by Crippen LogP contribution is 2.25. The van der Waals surface area contributed by atoms with Crippen LogP contribution in [0.5, 0.6) is 0 Å². The van der Waals surface area contributed by atoms with Crippen LogP contribution < -0.4 is 4.87 Å². The Morgan fingerprint density at radius 2 is 2.00 bits per heavy atom. The Kier molecular flexibility index (Phi) is 3.06. The van der Waals surface area contributed by atoms with E-state index in [2.05, 4.69) is 9.72 Å². The molecule has 6 heteroatoms. The maximum atomic E-state index is 12.8. The number of rotatable bonds is 2. The van der Waals surface area contributed by atoms with E-state index in [9.17, 15) is 14.0 Å². The average Bonchev–Trinajstić information content (AvgIpc) is 2.71. The van der Waals surface area contributed by atoms with Crippen molar-refractivity contribution >= 4 is 17.3 Å². The molecule has 0 bridgehead atoms. The fourth-order valence-electron chi connectivity index (χ4n) is 1.38. The third kappa shape index (κ3) is 2.26. The lowest BCUT2D eigenvalue weighted by Gasteiger charge is -2.01. The molecule has 88 valence electrons. The molecule has 1 heterocycles. The largest absolute Gasteiger partial charge is 0.464 e. The lowest BCUT2D eigenvalue weighted by atomic mass is 10.1. The van der Waals surface area contributed by atoms with E-state index in [0.29, 0.717) is 10.4 Å². The van der Waals surface area contributed by atoms with Crippen molar-refractivity contribution in [2.75, 3.05) is 7.11 Å². The SMILES string of the molecule is COC(=O)c1[nH]c(=O)sc1-c1ccc(F)cc1. The number of ether oxygens (including phenoxy) is 1. The smallest absolute Gasteiger partial charge is 0.356 e. The maximum absolute atomic E-state index is 12.8. The molecule has 0 aliphatic carbocycles. The Morgan fingerprint density at radius 1 is 1.35 bits per heavy atom. The molecule has 17 heavy (non-hydrogen) atoms. The number of nitrogens with one attached hydrogen (secondary N) is 1. The van der Waals surface area contributed by atoms with Gasteiger partial charge in [-0.3, -0.25) is 4.79 Å². The summed E-state index contributed by atoms with van der Waals surface area (Å²) in [6, 6.07) is 5.53. The summed E-state index contributed by atoms with van der Waals surface area (Å²) in [6.07, 6.45) is 0. The van der Waals surface area contributed by atoms with Gasteiger partial charge in [0.2, 0.25) is 0 Å². The van der Waals surface area contributed by atoms with Gasteiger partial charge < -0.3 is 9.72 Å². The standard InChI is InChI=1S/C11H8FNO3S/c1-16-10(14)8-9(17-11(15)13-8)6-2-4-7(12)5-3-6/h2-5H,1H3,(H,13,15). The van der Waals surface area contributed by atoms with Crippen molar-refractivity contribution in [1.29, 1.82) is 0 Å². The second-order valence-electron chi connectivity index (χ2n) is 3.22. The first-order chi connectivity index (χ1) is 8.11. The zero-order valence-corrected chi connectivity index (χ0v) is 9.64. The molecule has 1 aromatic heterocycles. The first-order valence-corrected chi connectivity index (χ1v) is 5.51. The molecule has 0 aliphatic heterocycles. The molecule has 0 aliphatic rings. The van der Waals surface area contributed by atoms with Crippen LogP contribution in [0.25, 0.3) is 10.4 Å². The molecular weight excluding hydrogens is 245 g/mol. The van der Waals surface area contributed by atoms with Crippen LogP contribution in [0.4, 0.5) is 4.39 Å². The molecule has 1 aromatic carbocycles. The number of esters is 1. The van der Waals surface area contributed by atoms with E-state index >= 15 is 0 Å². The summed E-state index contributed by atoms with van der Waals surface area (Å²) in [6.45, 7) is 0. The highest BCUT2D eigenvalue weighted by molar-refractivity contribution is 7.13. The van der Waals surface area contributed by atoms with Gasteiger partial charge in [0.1, 0.15) is 11.5 Å². The number of methoxy groups -OCH3 is 1. The van der Waals surface area contributed by atoms with Crippen LogP contribution in [0.1, 0.15) is 10.5 Å². The molecule has 2 rings (SSSR count). The minimum Gasteiger partial charge on any atom is -0.464 e. The number of aromatic amines is 1. The Hall–Kier alpha value is -1.95. The summed E-state index contributed by atoms with van der Waals surface area (Å²) in [7, 11) is 1.23. The third-order valence-corrected chi connectivity index (χ3v) is 3.08.